The molecule has 1 aromatic carbocycles. The number of carbonyl (C=O) groups excluding carboxylic acids is 1. The van der Waals surface area contributed by atoms with Gasteiger partial charge in [-0.3, -0.25) is 9.78 Å². The molecule has 0 aliphatic rings. The van der Waals surface area contributed by atoms with E-state index in [4.69, 9.17) is 0 Å². The first-order valence-electron chi connectivity index (χ1n) is 6.73. The number of amides is 1. The lowest BCUT2D eigenvalue weighted by Crippen LogP contribution is -2.24. The molecule has 0 bridgehead atoms. The third-order valence-corrected chi connectivity index (χ3v) is 3.13. The number of hydrogen-bond acceptors (Lipinski definition) is 3. The predicted molar refractivity (Wildman–Crippen MR) is 80.7 cm³/mol. The van der Waals surface area contributed by atoms with Crippen LogP contribution in [-0.2, 0) is 6.54 Å². The molecule has 0 radical (unpaired) electrons. The standard InChI is InChI=1S/C16H19N3O/c1-3-18-15-8-9-17-11-14(15)16(20)19-10-13-7-5-4-6-12(13)2/h4-9,11H,3,10H2,1-2H3,(H,17,18)(H,19,20). The monoisotopic (exact) mass is 269 g/mol. The molecule has 2 rings (SSSR count). The summed E-state index contributed by atoms with van der Waals surface area (Å²) in [7, 11) is 0. The summed E-state index contributed by atoms with van der Waals surface area (Å²) in [6.45, 7) is 5.32. The Morgan fingerprint density at radius 3 is 2.80 bits per heavy atom. The van der Waals surface area contributed by atoms with Crippen molar-refractivity contribution < 1.29 is 4.79 Å². The SMILES string of the molecule is CCNc1ccncc1C(=O)NCc1ccccc1C. The molecule has 0 aliphatic carbocycles. The van der Waals surface area contributed by atoms with Gasteiger partial charge in [0.25, 0.3) is 5.91 Å². The fourth-order valence-corrected chi connectivity index (χ4v) is 2.00. The van der Waals surface area contributed by atoms with Crippen molar-refractivity contribution >= 4 is 11.6 Å². The molecule has 1 heterocycles. The second-order valence-electron chi connectivity index (χ2n) is 4.56. The number of benzene rings is 1. The van der Waals surface area contributed by atoms with Crippen molar-refractivity contribution in [3.63, 3.8) is 0 Å². The zero-order valence-corrected chi connectivity index (χ0v) is 11.8. The molecule has 1 amide bonds. The lowest BCUT2D eigenvalue weighted by molar-refractivity contribution is 0.0951. The molecule has 0 saturated heterocycles. The van der Waals surface area contributed by atoms with Crippen molar-refractivity contribution in [1.82, 2.24) is 10.3 Å². The van der Waals surface area contributed by atoms with E-state index in [9.17, 15) is 4.79 Å². The van der Waals surface area contributed by atoms with Gasteiger partial charge in [0.05, 0.1) is 11.3 Å². The molecule has 0 saturated carbocycles. The van der Waals surface area contributed by atoms with Crippen LogP contribution in [0.5, 0.6) is 0 Å². The number of carbonyl (C=O) groups is 1. The quantitative estimate of drug-likeness (QED) is 0.877. The van der Waals surface area contributed by atoms with Crippen molar-refractivity contribution in [1.29, 1.82) is 0 Å². The molecule has 2 aromatic rings. The van der Waals surface area contributed by atoms with E-state index in [-0.39, 0.29) is 5.91 Å². The van der Waals surface area contributed by atoms with Gasteiger partial charge in [-0.1, -0.05) is 24.3 Å². The van der Waals surface area contributed by atoms with Gasteiger partial charge in [-0.05, 0) is 31.0 Å². The van der Waals surface area contributed by atoms with Crippen molar-refractivity contribution in [2.75, 3.05) is 11.9 Å². The second-order valence-corrected chi connectivity index (χ2v) is 4.56. The summed E-state index contributed by atoms with van der Waals surface area (Å²) in [5.74, 6) is -0.114. The molecule has 0 aliphatic heterocycles. The average Bonchev–Trinajstić information content (AvgIpc) is 2.47. The van der Waals surface area contributed by atoms with Gasteiger partial charge in [0.2, 0.25) is 0 Å². The van der Waals surface area contributed by atoms with Crippen LogP contribution in [0.25, 0.3) is 0 Å². The topological polar surface area (TPSA) is 54.0 Å². The van der Waals surface area contributed by atoms with Crippen LogP contribution in [0.2, 0.25) is 0 Å². The molecular weight excluding hydrogens is 250 g/mol. The number of aryl methyl sites for hydroxylation is 1. The summed E-state index contributed by atoms with van der Waals surface area (Å²) in [6.07, 6.45) is 3.27. The third kappa shape index (κ3) is 3.35. The maximum Gasteiger partial charge on any atom is 0.255 e. The minimum Gasteiger partial charge on any atom is -0.385 e. The number of nitrogens with one attached hydrogen (secondary N) is 2. The lowest BCUT2D eigenvalue weighted by atomic mass is 10.1. The summed E-state index contributed by atoms with van der Waals surface area (Å²) in [5, 5.41) is 6.10. The molecular formula is C16H19N3O. The van der Waals surface area contributed by atoms with Crippen molar-refractivity contribution in [2.45, 2.75) is 20.4 Å². The van der Waals surface area contributed by atoms with Gasteiger partial charge in [0.15, 0.2) is 0 Å². The number of anilines is 1. The fourth-order valence-electron chi connectivity index (χ4n) is 2.00. The van der Waals surface area contributed by atoms with E-state index in [1.807, 2.05) is 44.2 Å². The lowest BCUT2D eigenvalue weighted by Gasteiger charge is -2.11. The smallest absolute Gasteiger partial charge is 0.255 e. The fraction of sp³-hybridized carbons (Fsp3) is 0.250. The number of aromatic nitrogens is 1. The highest BCUT2D eigenvalue weighted by Gasteiger charge is 2.11. The normalized spacial score (nSPS) is 10.1. The first kappa shape index (κ1) is 14.1. The van der Waals surface area contributed by atoms with E-state index in [0.29, 0.717) is 12.1 Å². The molecule has 0 spiro atoms. The molecule has 0 fully saturated rings. The van der Waals surface area contributed by atoms with E-state index in [1.165, 1.54) is 5.56 Å². The van der Waals surface area contributed by atoms with Gasteiger partial charge >= 0.3 is 0 Å². The van der Waals surface area contributed by atoms with Gasteiger partial charge in [-0.25, -0.2) is 0 Å². The van der Waals surface area contributed by atoms with Crippen LogP contribution in [0.1, 0.15) is 28.4 Å². The Morgan fingerprint density at radius 1 is 1.25 bits per heavy atom. The van der Waals surface area contributed by atoms with E-state index >= 15 is 0 Å². The Hall–Kier alpha value is -2.36. The van der Waals surface area contributed by atoms with Crippen LogP contribution in [0.4, 0.5) is 5.69 Å². The van der Waals surface area contributed by atoms with Gasteiger partial charge in [-0.15, -0.1) is 0 Å². The summed E-state index contributed by atoms with van der Waals surface area (Å²) < 4.78 is 0. The van der Waals surface area contributed by atoms with E-state index in [2.05, 4.69) is 15.6 Å². The summed E-state index contributed by atoms with van der Waals surface area (Å²) in [4.78, 5) is 16.3. The molecule has 4 heteroatoms. The van der Waals surface area contributed by atoms with Crippen LogP contribution in [-0.4, -0.2) is 17.4 Å². The Balaban J connectivity index is 2.07. The minimum absolute atomic E-state index is 0.114. The first-order valence-corrected chi connectivity index (χ1v) is 6.73. The largest absolute Gasteiger partial charge is 0.385 e. The Bertz CT molecular complexity index is 596. The molecule has 4 nitrogen and oxygen atoms in total. The predicted octanol–water partition coefficient (Wildman–Crippen LogP) is 2.75. The average molecular weight is 269 g/mol. The van der Waals surface area contributed by atoms with Crippen LogP contribution in [0, 0.1) is 6.92 Å². The molecule has 2 N–H and O–H groups in total. The van der Waals surface area contributed by atoms with Gasteiger partial charge in [0.1, 0.15) is 0 Å². The van der Waals surface area contributed by atoms with E-state index in [1.54, 1.807) is 12.4 Å². The van der Waals surface area contributed by atoms with Gasteiger partial charge in [0, 0.05) is 25.5 Å². The zero-order valence-electron chi connectivity index (χ0n) is 11.8. The van der Waals surface area contributed by atoms with Crippen LogP contribution < -0.4 is 10.6 Å². The highest BCUT2D eigenvalue weighted by Crippen LogP contribution is 2.13. The Morgan fingerprint density at radius 2 is 2.05 bits per heavy atom. The molecule has 20 heavy (non-hydrogen) atoms. The number of pyridine rings is 1. The van der Waals surface area contributed by atoms with E-state index < -0.39 is 0 Å². The molecule has 104 valence electrons. The van der Waals surface area contributed by atoms with Gasteiger partial charge < -0.3 is 10.6 Å². The van der Waals surface area contributed by atoms with Crippen LogP contribution in [0.3, 0.4) is 0 Å². The Kier molecular flexibility index (Phi) is 4.71. The minimum atomic E-state index is -0.114. The Labute approximate surface area is 119 Å². The van der Waals surface area contributed by atoms with Crippen LogP contribution >= 0.6 is 0 Å². The highest BCUT2D eigenvalue weighted by molar-refractivity contribution is 5.99. The number of nitrogens with zero attached hydrogens (tertiary/aromatic N) is 1. The summed E-state index contributed by atoms with van der Waals surface area (Å²) >= 11 is 0. The van der Waals surface area contributed by atoms with Crippen LogP contribution in [0.15, 0.2) is 42.7 Å². The van der Waals surface area contributed by atoms with E-state index in [0.717, 1.165) is 17.8 Å². The number of hydrogen-bond donors (Lipinski definition) is 2. The summed E-state index contributed by atoms with van der Waals surface area (Å²) in [6, 6.07) is 9.83. The molecule has 0 unspecified atom stereocenters. The van der Waals surface area contributed by atoms with Gasteiger partial charge in [-0.2, -0.15) is 0 Å². The second kappa shape index (κ2) is 6.70. The maximum atomic E-state index is 12.2. The maximum absolute atomic E-state index is 12.2. The first-order chi connectivity index (χ1) is 9.72. The molecule has 1 aromatic heterocycles. The number of rotatable bonds is 5. The zero-order chi connectivity index (χ0) is 14.4. The van der Waals surface area contributed by atoms with Crippen molar-refractivity contribution in [3.05, 3.63) is 59.4 Å². The van der Waals surface area contributed by atoms with Crippen molar-refractivity contribution in [3.8, 4) is 0 Å². The highest BCUT2D eigenvalue weighted by atomic mass is 16.1. The summed E-state index contributed by atoms with van der Waals surface area (Å²) in [5.41, 5.74) is 3.67. The van der Waals surface area contributed by atoms with Crippen molar-refractivity contribution in [2.24, 2.45) is 0 Å². The molecule has 0 atom stereocenters. The third-order valence-electron chi connectivity index (χ3n) is 3.13.